The molecule has 1 atom stereocenters. The van der Waals surface area contributed by atoms with E-state index in [4.69, 9.17) is 15.6 Å². The molecule has 0 saturated carbocycles. The molecule has 0 heterocycles. The minimum atomic E-state index is -1.02. The molecule has 0 aromatic heterocycles. The fourth-order valence-electron chi connectivity index (χ4n) is 1.53. The summed E-state index contributed by atoms with van der Waals surface area (Å²) in [6, 6.07) is 9.65. The van der Waals surface area contributed by atoms with E-state index in [0.717, 1.165) is 0 Å². The highest BCUT2D eigenvalue weighted by Gasteiger charge is 2.14. The first kappa shape index (κ1) is 13.8. The Morgan fingerprint density at radius 1 is 1.22 bits per heavy atom. The van der Waals surface area contributed by atoms with Gasteiger partial charge in [0, 0.05) is 10.8 Å². The first-order valence-electron chi connectivity index (χ1n) is 5.07. The number of carboxylic acid groups (broad SMARTS) is 1. The Morgan fingerprint density at radius 2 is 1.67 bits per heavy atom. The van der Waals surface area contributed by atoms with Crippen molar-refractivity contribution in [2.24, 2.45) is 0 Å². The van der Waals surface area contributed by atoms with Crippen molar-refractivity contribution in [3.8, 4) is 12.1 Å². The fraction of sp³-hybridized carbons (Fsp3) is 0.154. The number of nitriles is 2. The summed E-state index contributed by atoms with van der Waals surface area (Å²) in [6.45, 7) is 1.75. The van der Waals surface area contributed by atoms with E-state index in [1.54, 1.807) is 19.1 Å². The third-order valence-electron chi connectivity index (χ3n) is 2.35. The monoisotopic (exact) mass is 258 g/mol. The van der Waals surface area contributed by atoms with Gasteiger partial charge in [0.1, 0.15) is 17.7 Å². The lowest BCUT2D eigenvalue weighted by Gasteiger charge is -2.11. The van der Waals surface area contributed by atoms with E-state index in [1.807, 2.05) is 12.1 Å². The molecule has 0 aliphatic rings. The van der Waals surface area contributed by atoms with Crippen LogP contribution in [0.2, 0.25) is 0 Å². The van der Waals surface area contributed by atoms with Crippen LogP contribution in [0.5, 0.6) is 0 Å². The molecule has 1 unspecified atom stereocenters. The average molecular weight is 258 g/mol. The van der Waals surface area contributed by atoms with Gasteiger partial charge in [-0.05, 0) is 24.6 Å². The predicted octanol–water partition coefficient (Wildman–Crippen LogP) is 2.50. The van der Waals surface area contributed by atoms with Gasteiger partial charge >= 0.3 is 5.97 Å². The molecule has 1 rings (SSSR count). The molecule has 0 spiro atoms. The lowest BCUT2D eigenvalue weighted by molar-refractivity contribution is 0.0697. The van der Waals surface area contributed by atoms with E-state index in [9.17, 15) is 4.79 Å². The van der Waals surface area contributed by atoms with Crippen LogP contribution in [0.15, 0.2) is 29.8 Å². The third kappa shape index (κ3) is 2.91. The standard InChI is InChI=1S/C13H10N2O2S/c1-8(18)12(11(6-14)7-15)9-2-4-10(5-3-9)13(16)17/h2-5,8,18H,1H3,(H,16,17). The lowest BCUT2D eigenvalue weighted by Crippen LogP contribution is -2.02. The molecule has 0 saturated heterocycles. The molecule has 0 fully saturated rings. The van der Waals surface area contributed by atoms with Gasteiger partial charge in [0.15, 0.2) is 0 Å². The van der Waals surface area contributed by atoms with Crippen LogP contribution in [0.1, 0.15) is 22.8 Å². The van der Waals surface area contributed by atoms with Crippen molar-refractivity contribution >= 4 is 24.2 Å². The van der Waals surface area contributed by atoms with E-state index in [1.165, 1.54) is 12.1 Å². The molecular formula is C13H10N2O2S. The summed E-state index contributed by atoms with van der Waals surface area (Å²) < 4.78 is 0. The highest BCUT2D eigenvalue weighted by Crippen LogP contribution is 2.25. The van der Waals surface area contributed by atoms with Crippen molar-refractivity contribution in [3.05, 3.63) is 41.0 Å². The number of hydrogen-bond acceptors (Lipinski definition) is 4. The molecule has 0 bridgehead atoms. The largest absolute Gasteiger partial charge is 0.478 e. The van der Waals surface area contributed by atoms with E-state index in [0.29, 0.717) is 11.1 Å². The molecule has 4 nitrogen and oxygen atoms in total. The summed E-state index contributed by atoms with van der Waals surface area (Å²) in [6.07, 6.45) is 0. The third-order valence-corrected chi connectivity index (χ3v) is 2.61. The number of carboxylic acids is 1. The number of allylic oxidation sites excluding steroid dienone is 1. The smallest absolute Gasteiger partial charge is 0.335 e. The zero-order valence-electron chi connectivity index (χ0n) is 9.58. The van der Waals surface area contributed by atoms with Crippen LogP contribution in [-0.2, 0) is 0 Å². The molecule has 0 aliphatic heterocycles. The maximum atomic E-state index is 10.7. The maximum Gasteiger partial charge on any atom is 0.335 e. The zero-order valence-corrected chi connectivity index (χ0v) is 10.5. The summed E-state index contributed by atoms with van der Waals surface area (Å²) in [5.41, 5.74) is 1.27. The molecule has 5 heteroatoms. The van der Waals surface area contributed by atoms with Crippen LogP contribution in [-0.4, -0.2) is 16.3 Å². The summed E-state index contributed by atoms with van der Waals surface area (Å²) in [7, 11) is 0. The van der Waals surface area contributed by atoms with Crippen molar-refractivity contribution < 1.29 is 9.90 Å². The quantitative estimate of drug-likeness (QED) is 0.644. The molecule has 1 aromatic carbocycles. The fourth-order valence-corrected chi connectivity index (χ4v) is 1.81. The first-order chi connectivity index (χ1) is 8.51. The summed E-state index contributed by atoms with van der Waals surface area (Å²) >= 11 is 4.24. The SMILES string of the molecule is CC(S)C(=C(C#N)C#N)c1ccc(C(=O)O)cc1. The van der Waals surface area contributed by atoms with Gasteiger partial charge in [0.2, 0.25) is 0 Å². The van der Waals surface area contributed by atoms with Gasteiger partial charge in [-0.2, -0.15) is 23.2 Å². The first-order valence-corrected chi connectivity index (χ1v) is 5.59. The molecule has 0 radical (unpaired) electrons. The lowest BCUT2D eigenvalue weighted by atomic mass is 9.97. The van der Waals surface area contributed by atoms with Gasteiger partial charge in [-0.3, -0.25) is 0 Å². The van der Waals surface area contributed by atoms with Gasteiger partial charge in [0.05, 0.1) is 5.56 Å². The number of thiol groups is 1. The van der Waals surface area contributed by atoms with Gasteiger partial charge in [0.25, 0.3) is 0 Å². The topological polar surface area (TPSA) is 84.9 Å². The normalized spacial score (nSPS) is 10.9. The molecule has 18 heavy (non-hydrogen) atoms. The van der Waals surface area contributed by atoms with Crippen molar-refractivity contribution in [2.75, 3.05) is 0 Å². The van der Waals surface area contributed by atoms with Gasteiger partial charge in [-0.25, -0.2) is 4.79 Å². The van der Waals surface area contributed by atoms with Gasteiger partial charge < -0.3 is 5.11 Å². The summed E-state index contributed by atoms with van der Waals surface area (Å²) in [5, 5.41) is 26.3. The highest BCUT2D eigenvalue weighted by atomic mass is 32.1. The van der Waals surface area contributed by atoms with Gasteiger partial charge in [-0.15, -0.1) is 0 Å². The Balaban J connectivity index is 3.35. The summed E-state index contributed by atoms with van der Waals surface area (Å²) in [4.78, 5) is 10.7. The second-order valence-corrected chi connectivity index (χ2v) is 4.35. The Hall–Kier alpha value is -2.24. The van der Waals surface area contributed by atoms with Crippen molar-refractivity contribution in [1.82, 2.24) is 0 Å². The molecular weight excluding hydrogens is 248 g/mol. The Kier molecular flexibility index (Phi) is 4.53. The molecule has 1 N–H and O–H groups in total. The van der Waals surface area contributed by atoms with Crippen LogP contribution in [0, 0.1) is 22.7 Å². The Labute approximate surface area is 110 Å². The number of benzene rings is 1. The van der Waals surface area contributed by atoms with Crippen LogP contribution in [0.3, 0.4) is 0 Å². The number of aromatic carboxylic acids is 1. The van der Waals surface area contributed by atoms with Crippen LogP contribution >= 0.6 is 12.6 Å². The molecule has 90 valence electrons. The average Bonchev–Trinajstić information content (AvgIpc) is 2.35. The second-order valence-electron chi connectivity index (χ2n) is 3.57. The van der Waals surface area contributed by atoms with Crippen LogP contribution in [0.25, 0.3) is 5.57 Å². The minimum Gasteiger partial charge on any atom is -0.478 e. The van der Waals surface area contributed by atoms with E-state index in [2.05, 4.69) is 12.6 Å². The molecule has 0 amide bonds. The van der Waals surface area contributed by atoms with Crippen molar-refractivity contribution in [3.63, 3.8) is 0 Å². The number of carbonyl (C=O) groups is 1. The summed E-state index contributed by atoms with van der Waals surface area (Å²) in [5.74, 6) is -1.02. The van der Waals surface area contributed by atoms with E-state index < -0.39 is 5.97 Å². The van der Waals surface area contributed by atoms with Crippen LogP contribution < -0.4 is 0 Å². The minimum absolute atomic E-state index is 0.0134. The molecule has 0 aliphatic carbocycles. The predicted molar refractivity (Wildman–Crippen MR) is 70.0 cm³/mol. The maximum absolute atomic E-state index is 10.7. The highest BCUT2D eigenvalue weighted by molar-refractivity contribution is 7.81. The Morgan fingerprint density at radius 3 is 2.00 bits per heavy atom. The van der Waals surface area contributed by atoms with E-state index in [-0.39, 0.29) is 16.4 Å². The van der Waals surface area contributed by atoms with Crippen LogP contribution in [0.4, 0.5) is 0 Å². The zero-order chi connectivity index (χ0) is 13.7. The van der Waals surface area contributed by atoms with Gasteiger partial charge in [-0.1, -0.05) is 12.1 Å². The number of nitrogens with zero attached hydrogens (tertiary/aromatic N) is 2. The van der Waals surface area contributed by atoms with Crippen molar-refractivity contribution in [1.29, 1.82) is 10.5 Å². The molecule has 1 aromatic rings. The Bertz CT molecular complexity index is 558. The van der Waals surface area contributed by atoms with Crippen molar-refractivity contribution in [2.45, 2.75) is 12.2 Å². The number of hydrogen-bond donors (Lipinski definition) is 2. The van der Waals surface area contributed by atoms with E-state index >= 15 is 0 Å². The second kappa shape index (κ2) is 5.90. The number of rotatable bonds is 3.